The third-order valence-corrected chi connectivity index (χ3v) is 3.74. The number of amides is 1. The second-order valence-electron chi connectivity index (χ2n) is 3.78. The molecule has 1 amide bonds. The molecule has 0 aliphatic rings. The van der Waals surface area contributed by atoms with Gasteiger partial charge in [-0.05, 0) is 37.1 Å². The normalized spacial score (nSPS) is 13.1. The lowest BCUT2D eigenvalue weighted by Gasteiger charge is -2.16. The maximum absolute atomic E-state index is 11.1. The van der Waals surface area contributed by atoms with E-state index in [2.05, 4.69) is 0 Å². The standard InChI is InChI=1S/C11H14ClNO4S/c1-3-9(11(13)14)17-10-5-4-8(6-7(10)2)18(12,15)16/h4-6,9H,3H2,1-2H3,(H2,13,14). The fraction of sp³-hybridized carbons (Fsp3) is 0.364. The molecule has 18 heavy (non-hydrogen) atoms. The van der Waals surface area contributed by atoms with E-state index < -0.39 is 21.1 Å². The number of hydrogen-bond donors (Lipinski definition) is 1. The summed E-state index contributed by atoms with van der Waals surface area (Å²) in [4.78, 5) is 11.0. The van der Waals surface area contributed by atoms with Crippen LogP contribution in [0.5, 0.6) is 5.75 Å². The number of nitrogens with two attached hydrogens (primary N) is 1. The molecule has 100 valence electrons. The maximum atomic E-state index is 11.1. The Morgan fingerprint density at radius 2 is 2.11 bits per heavy atom. The van der Waals surface area contributed by atoms with Crippen molar-refractivity contribution in [1.29, 1.82) is 0 Å². The van der Waals surface area contributed by atoms with E-state index >= 15 is 0 Å². The molecular formula is C11H14ClNO4S. The molecule has 0 aliphatic carbocycles. The summed E-state index contributed by atoms with van der Waals surface area (Å²) in [5.41, 5.74) is 5.73. The molecule has 1 aromatic rings. The molecule has 0 fully saturated rings. The Hall–Kier alpha value is -1.27. The zero-order valence-corrected chi connectivity index (χ0v) is 11.6. The van der Waals surface area contributed by atoms with Crippen LogP contribution in [0, 0.1) is 6.92 Å². The molecular weight excluding hydrogens is 278 g/mol. The van der Waals surface area contributed by atoms with Gasteiger partial charge in [0.2, 0.25) is 0 Å². The van der Waals surface area contributed by atoms with Crippen molar-refractivity contribution >= 4 is 25.6 Å². The summed E-state index contributed by atoms with van der Waals surface area (Å²) in [7, 11) is 1.46. The smallest absolute Gasteiger partial charge is 0.261 e. The molecule has 1 aromatic carbocycles. The van der Waals surface area contributed by atoms with Crippen LogP contribution in [0.25, 0.3) is 0 Å². The summed E-state index contributed by atoms with van der Waals surface area (Å²) in [5.74, 6) is -0.157. The Kier molecular flexibility index (Phi) is 4.59. The average Bonchev–Trinajstić information content (AvgIpc) is 2.25. The molecule has 5 nitrogen and oxygen atoms in total. The minimum absolute atomic E-state index is 0.0128. The van der Waals surface area contributed by atoms with Crippen molar-refractivity contribution in [2.75, 3.05) is 0 Å². The maximum Gasteiger partial charge on any atom is 0.261 e. The highest BCUT2D eigenvalue weighted by molar-refractivity contribution is 8.13. The van der Waals surface area contributed by atoms with E-state index in [-0.39, 0.29) is 4.90 Å². The minimum atomic E-state index is -3.77. The molecule has 0 aromatic heterocycles. The SMILES string of the molecule is CCC(Oc1ccc(S(=O)(=O)Cl)cc1C)C(N)=O. The highest BCUT2D eigenvalue weighted by Gasteiger charge is 2.17. The van der Waals surface area contributed by atoms with Gasteiger partial charge in [-0.2, -0.15) is 0 Å². The van der Waals surface area contributed by atoms with Crippen LogP contribution in [-0.4, -0.2) is 20.4 Å². The first-order chi connectivity index (χ1) is 8.25. The Morgan fingerprint density at radius 1 is 1.50 bits per heavy atom. The first-order valence-corrected chi connectivity index (χ1v) is 7.58. The lowest BCUT2D eigenvalue weighted by Crippen LogP contribution is -2.33. The number of primary amides is 1. The van der Waals surface area contributed by atoms with Gasteiger partial charge in [0.1, 0.15) is 5.75 Å². The van der Waals surface area contributed by atoms with E-state index in [1.165, 1.54) is 18.2 Å². The van der Waals surface area contributed by atoms with Crippen molar-refractivity contribution in [1.82, 2.24) is 0 Å². The predicted molar refractivity (Wildman–Crippen MR) is 68.1 cm³/mol. The number of halogens is 1. The fourth-order valence-corrected chi connectivity index (χ4v) is 2.24. The monoisotopic (exact) mass is 291 g/mol. The molecule has 1 unspecified atom stereocenters. The summed E-state index contributed by atoms with van der Waals surface area (Å²) in [5, 5.41) is 0. The number of aryl methyl sites for hydroxylation is 1. The van der Waals surface area contributed by atoms with Crippen molar-refractivity contribution in [3.05, 3.63) is 23.8 Å². The molecule has 0 aliphatic heterocycles. The Balaban J connectivity index is 3.03. The van der Waals surface area contributed by atoms with E-state index in [0.717, 1.165) is 0 Å². The van der Waals surface area contributed by atoms with E-state index in [1.54, 1.807) is 13.8 Å². The molecule has 0 saturated heterocycles. The van der Waals surface area contributed by atoms with E-state index in [4.69, 9.17) is 21.2 Å². The van der Waals surface area contributed by atoms with Gasteiger partial charge in [0.05, 0.1) is 4.90 Å². The van der Waals surface area contributed by atoms with Crippen LogP contribution in [0.4, 0.5) is 0 Å². The van der Waals surface area contributed by atoms with Gasteiger partial charge in [0.25, 0.3) is 15.0 Å². The van der Waals surface area contributed by atoms with Gasteiger partial charge in [-0.3, -0.25) is 4.79 Å². The van der Waals surface area contributed by atoms with Crippen LogP contribution in [0.1, 0.15) is 18.9 Å². The van der Waals surface area contributed by atoms with Gasteiger partial charge in [-0.15, -0.1) is 0 Å². The Labute approximate surface area is 110 Å². The van der Waals surface area contributed by atoms with Crippen LogP contribution in [0.2, 0.25) is 0 Å². The average molecular weight is 292 g/mol. The first kappa shape index (κ1) is 14.8. The van der Waals surface area contributed by atoms with Crippen LogP contribution in [-0.2, 0) is 13.8 Å². The van der Waals surface area contributed by atoms with Gasteiger partial charge in [0, 0.05) is 10.7 Å². The van der Waals surface area contributed by atoms with Crippen LogP contribution < -0.4 is 10.5 Å². The predicted octanol–water partition coefficient (Wildman–Crippen LogP) is 1.57. The van der Waals surface area contributed by atoms with Gasteiger partial charge in [-0.1, -0.05) is 6.92 Å². The third kappa shape index (κ3) is 3.61. The number of benzene rings is 1. The zero-order chi connectivity index (χ0) is 13.9. The van der Waals surface area contributed by atoms with Gasteiger partial charge in [-0.25, -0.2) is 8.42 Å². The lowest BCUT2D eigenvalue weighted by atomic mass is 10.2. The summed E-state index contributed by atoms with van der Waals surface area (Å²) < 4.78 is 27.7. The molecule has 1 atom stereocenters. The third-order valence-electron chi connectivity index (χ3n) is 2.39. The van der Waals surface area contributed by atoms with Gasteiger partial charge in [0.15, 0.2) is 6.10 Å². The zero-order valence-electron chi connectivity index (χ0n) is 10.0. The van der Waals surface area contributed by atoms with Crippen molar-refractivity contribution in [3.63, 3.8) is 0 Å². The molecule has 0 spiro atoms. The molecule has 7 heteroatoms. The summed E-state index contributed by atoms with van der Waals surface area (Å²) >= 11 is 0. The molecule has 0 saturated carbocycles. The van der Waals surface area contributed by atoms with Crippen molar-refractivity contribution < 1.29 is 17.9 Å². The molecule has 0 heterocycles. The Bertz CT molecular complexity index is 556. The quantitative estimate of drug-likeness (QED) is 0.834. The summed E-state index contributed by atoms with van der Waals surface area (Å²) in [6, 6.07) is 4.15. The summed E-state index contributed by atoms with van der Waals surface area (Å²) in [6.45, 7) is 3.43. The largest absolute Gasteiger partial charge is 0.480 e. The number of carbonyl (C=O) groups excluding carboxylic acids is 1. The van der Waals surface area contributed by atoms with Crippen molar-refractivity contribution in [2.24, 2.45) is 5.73 Å². The van der Waals surface area contributed by atoms with E-state index in [9.17, 15) is 13.2 Å². The molecule has 2 N–H and O–H groups in total. The van der Waals surface area contributed by atoms with Gasteiger partial charge < -0.3 is 10.5 Å². The summed E-state index contributed by atoms with van der Waals surface area (Å²) in [6.07, 6.45) is -0.299. The van der Waals surface area contributed by atoms with Gasteiger partial charge >= 0.3 is 0 Å². The minimum Gasteiger partial charge on any atom is -0.480 e. The second kappa shape index (κ2) is 5.58. The van der Waals surface area contributed by atoms with E-state index in [1.807, 2.05) is 0 Å². The molecule has 1 rings (SSSR count). The number of hydrogen-bond acceptors (Lipinski definition) is 4. The second-order valence-corrected chi connectivity index (χ2v) is 6.35. The van der Waals surface area contributed by atoms with Crippen LogP contribution in [0.15, 0.2) is 23.1 Å². The Morgan fingerprint density at radius 3 is 2.50 bits per heavy atom. The number of ether oxygens (including phenoxy) is 1. The highest BCUT2D eigenvalue weighted by atomic mass is 35.7. The topological polar surface area (TPSA) is 86.5 Å². The lowest BCUT2D eigenvalue weighted by molar-refractivity contribution is -0.124. The van der Waals surface area contributed by atoms with E-state index in [0.29, 0.717) is 17.7 Å². The number of carbonyl (C=O) groups is 1. The number of rotatable bonds is 5. The van der Waals surface area contributed by atoms with Crippen LogP contribution >= 0.6 is 10.7 Å². The van der Waals surface area contributed by atoms with Crippen molar-refractivity contribution in [2.45, 2.75) is 31.3 Å². The first-order valence-electron chi connectivity index (χ1n) is 5.27. The van der Waals surface area contributed by atoms with Crippen LogP contribution in [0.3, 0.4) is 0 Å². The van der Waals surface area contributed by atoms with Crippen molar-refractivity contribution in [3.8, 4) is 5.75 Å². The fourth-order valence-electron chi connectivity index (χ4n) is 1.40. The molecule has 0 bridgehead atoms. The molecule has 0 radical (unpaired) electrons. The highest BCUT2D eigenvalue weighted by Crippen LogP contribution is 2.25.